The summed E-state index contributed by atoms with van der Waals surface area (Å²) in [6, 6.07) is 0. The number of amides is 1. The van der Waals surface area contributed by atoms with Crippen molar-refractivity contribution in [2.24, 2.45) is 11.7 Å². The van der Waals surface area contributed by atoms with Gasteiger partial charge in [0.1, 0.15) is 0 Å². The van der Waals surface area contributed by atoms with Gasteiger partial charge in [-0.3, -0.25) is 9.69 Å². The molecule has 20 heavy (non-hydrogen) atoms. The van der Waals surface area contributed by atoms with Crippen molar-refractivity contribution in [2.75, 3.05) is 52.9 Å². The van der Waals surface area contributed by atoms with Crippen LogP contribution < -0.4 is 5.73 Å². The van der Waals surface area contributed by atoms with Gasteiger partial charge in [-0.05, 0) is 18.8 Å². The van der Waals surface area contributed by atoms with Gasteiger partial charge in [0, 0.05) is 52.7 Å². The highest BCUT2D eigenvalue weighted by Crippen LogP contribution is 2.29. The van der Waals surface area contributed by atoms with Crippen LogP contribution in [0.2, 0.25) is 0 Å². The number of carbonyl (C=O) groups is 1. The molecule has 6 heteroatoms. The Morgan fingerprint density at radius 2 is 1.85 bits per heavy atom. The lowest BCUT2D eigenvalue weighted by atomic mass is 10.2. The van der Waals surface area contributed by atoms with Crippen molar-refractivity contribution in [1.29, 1.82) is 0 Å². The molecule has 2 N–H and O–H groups in total. The predicted octanol–water partition coefficient (Wildman–Crippen LogP) is 0.149. The van der Waals surface area contributed by atoms with E-state index in [0.29, 0.717) is 24.5 Å². The molecule has 1 aliphatic carbocycles. The predicted molar refractivity (Wildman–Crippen MR) is 84.6 cm³/mol. The Balaban J connectivity index is 1.63. The molecule has 0 atom stereocenters. The monoisotopic (exact) mass is 298 g/mol. The van der Waals surface area contributed by atoms with E-state index in [0.717, 1.165) is 32.1 Å². The van der Waals surface area contributed by atoms with Crippen LogP contribution in [-0.4, -0.2) is 78.5 Å². The normalized spacial score (nSPS) is 20.9. The number of thiocarbonyl (C=S) groups is 1. The Morgan fingerprint density at radius 3 is 2.40 bits per heavy atom. The molecule has 0 spiro atoms. The molecule has 0 radical (unpaired) electrons. The third-order valence-corrected chi connectivity index (χ3v) is 4.36. The average molecular weight is 298 g/mol. The molecular weight excluding hydrogens is 272 g/mol. The maximum absolute atomic E-state index is 12.1. The second-order valence-electron chi connectivity index (χ2n) is 6.05. The Kier molecular flexibility index (Phi) is 5.74. The van der Waals surface area contributed by atoms with Gasteiger partial charge < -0.3 is 15.5 Å². The van der Waals surface area contributed by atoms with E-state index in [1.54, 1.807) is 4.90 Å². The van der Waals surface area contributed by atoms with Gasteiger partial charge in [-0.1, -0.05) is 12.2 Å². The van der Waals surface area contributed by atoms with E-state index in [-0.39, 0.29) is 5.91 Å². The lowest BCUT2D eigenvalue weighted by Crippen LogP contribution is -2.50. The molecular formula is C14H26N4OS. The van der Waals surface area contributed by atoms with Crippen molar-refractivity contribution in [3.63, 3.8) is 0 Å². The van der Waals surface area contributed by atoms with Gasteiger partial charge in [0.25, 0.3) is 0 Å². The first-order chi connectivity index (χ1) is 9.54. The SMILES string of the molecule is CN(CCC(N)=S)C(=O)CN1CCN(CC2CC2)CC1. The quantitative estimate of drug-likeness (QED) is 0.678. The molecule has 1 heterocycles. The second-order valence-corrected chi connectivity index (χ2v) is 6.58. The fraction of sp³-hybridized carbons (Fsp3) is 0.857. The number of nitrogens with zero attached hydrogens (tertiary/aromatic N) is 3. The lowest BCUT2D eigenvalue weighted by molar-refractivity contribution is -0.131. The maximum Gasteiger partial charge on any atom is 0.236 e. The minimum absolute atomic E-state index is 0.164. The third kappa shape index (κ3) is 5.34. The minimum Gasteiger partial charge on any atom is -0.393 e. The van der Waals surface area contributed by atoms with Crippen molar-refractivity contribution in [3.05, 3.63) is 0 Å². The zero-order valence-electron chi connectivity index (χ0n) is 12.4. The average Bonchev–Trinajstić information content (AvgIpc) is 3.22. The molecule has 114 valence electrons. The molecule has 1 saturated carbocycles. The highest BCUT2D eigenvalue weighted by atomic mass is 32.1. The van der Waals surface area contributed by atoms with E-state index < -0.39 is 0 Å². The van der Waals surface area contributed by atoms with Crippen LogP contribution in [0.4, 0.5) is 0 Å². The van der Waals surface area contributed by atoms with Crippen LogP contribution in [0.25, 0.3) is 0 Å². The van der Waals surface area contributed by atoms with Crippen molar-refractivity contribution in [3.8, 4) is 0 Å². The molecule has 1 amide bonds. The Morgan fingerprint density at radius 1 is 1.25 bits per heavy atom. The first kappa shape index (κ1) is 15.7. The largest absolute Gasteiger partial charge is 0.393 e. The lowest BCUT2D eigenvalue weighted by Gasteiger charge is -2.35. The molecule has 1 saturated heterocycles. The van der Waals surface area contributed by atoms with Crippen molar-refractivity contribution in [1.82, 2.24) is 14.7 Å². The van der Waals surface area contributed by atoms with Crippen LogP contribution in [0.5, 0.6) is 0 Å². The summed E-state index contributed by atoms with van der Waals surface area (Å²) in [4.78, 5) is 19.1. The fourth-order valence-electron chi connectivity index (χ4n) is 2.51. The highest BCUT2D eigenvalue weighted by Gasteiger charge is 2.27. The first-order valence-electron chi connectivity index (χ1n) is 7.51. The van der Waals surface area contributed by atoms with E-state index in [9.17, 15) is 4.79 Å². The van der Waals surface area contributed by atoms with Crippen LogP contribution in [0.15, 0.2) is 0 Å². The van der Waals surface area contributed by atoms with Gasteiger partial charge in [0.2, 0.25) is 5.91 Å². The van der Waals surface area contributed by atoms with E-state index in [4.69, 9.17) is 18.0 Å². The van der Waals surface area contributed by atoms with Gasteiger partial charge in [-0.2, -0.15) is 0 Å². The fourth-order valence-corrected chi connectivity index (χ4v) is 2.60. The Hall–Kier alpha value is -0.720. The van der Waals surface area contributed by atoms with Crippen LogP contribution >= 0.6 is 12.2 Å². The van der Waals surface area contributed by atoms with Crippen LogP contribution in [0.1, 0.15) is 19.3 Å². The summed E-state index contributed by atoms with van der Waals surface area (Å²) in [5.74, 6) is 1.12. The number of rotatable bonds is 7. The molecule has 0 aromatic heterocycles. The molecule has 5 nitrogen and oxygen atoms in total. The number of piperazine rings is 1. The van der Waals surface area contributed by atoms with E-state index >= 15 is 0 Å². The topological polar surface area (TPSA) is 52.8 Å². The molecule has 1 aliphatic heterocycles. The van der Waals surface area contributed by atoms with Gasteiger partial charge in [0.05, 0.1) is 11.5 Å². The molecule has 0 unspecified atom stereocenters. The zero-order chi connectivity index (χ0) is 14.5. The summed E-state index contributed by atoms with van der Waals surface area (Å²) < 4.78 is 0. The highest BCUT2D eigenvalue weighted by molar-refractivity contribution is 7.80. The van der Waals surface area contributed by atoms with Gasteiger partial charge in [-0.25, -0.2) is 0 Å². The maximum atomic E-state index is 12.1. The summed E-state index contributed by atoms with van der Waals surface area (Å²) in [5.41, 5.74) is 5.46. The van der Waals surface area contributed by atoms with Gasteiger partial charge in [0.15, 0.2) is 0 Å². The number of hydrogen-bond acceptors (Lipinski definition) is 4. The Bertz CT molecular complexity index is 351. The summed E-state index contributed by atoms with van der Waals surface area (Å²) >= 11 is 4.84. The molecule has 0 aromatic carbocycles. The van der Waals surface area contributed by atoms with Crippen molar-refractivity contribution < 1.29 is 4.79 Å². The van der Waals surface area contributed by atoms with Crippen LogP contribution in [-0.2, 0) is 4.79 Å². The van der Waals surface area contributed by atoms with Crippen LogP contribution in [0.3, 0.4) is 0 Å². The third-order valence-electron chi connectivity index (χ3n) is 4.16. The van der Waals surface area contributed by atoms with E-state index in [2.05, 4.69) is 9.80 Å². The molecule has 0 bridgehead atoms. The van der Waals surface area contributed by atoms with Crippen molar-refractivity contribution in [2.45, 2.75) is 19.3 Å². The van der Waals surface area contributed by atoms with E-state index in [1.807, 2.05) is 7.05 Å². The molecule has 2 fully saturated rings. The number of carbonyl (C=O) groups excluding carboxylic acids is 1. The first-order valence-corrected chi connectivity index (χ1v) is 7.92. The van der Waals surface area contributed by atoms with Gasteiger partial charge in [-0.15, -0.1) is 0 Å². The Labute approximate surface area is 127 Å². The number of likely N-dealkylation sites (N-methyl/N-ethyl adjacent to an activating group) is 1. The summed E-state index contributed by atoms with van der Waals surface area (Å²) in [7, 11) is 1.82. The summed E-state index contributed by atoms with van der Waals surface area (Å²) in [6.07, 6.45) is 3.42. The van der Waals surface area contributed by atoms with Crippen molar-refractivity contribution >= 4 is 23.1 Å². The smallest absolute Gasteiger partial charge is 0.236 e. The summed E-state index contributed by atoms with van der Waals surface area (Å²) in [6.45, 7) is 6.60. The summed E-state index contributed by atoms with van der Waals surface area (Å²) in [5, 5.41) is 0. The molecule has 0 aromatic rings. The number of nitrogens with two attached hydrogens (primary N) is 1. The molecule has 2 rings (SSSR count). The number of hydrogen-bond donors (Lipinski definition) is 1. The van der Waals surface area contributed by atoms with E-state index in [1.165, 1.54) is 19.4 Å². The zero-order valence-corrected chi connectivity index (χ0v) is 13.2. The standard InChI is InChI=1S/C14H26N4OS/c1-16(5-4-13(15)20)14(19)11-18-8-6-17(7-9-18)10-12-2-3-12/h12H,2-11H2,1H3,(H2,15,20). The van der Waals surface area contributed by atoms with Gasteiger partial charge >= 0.3 is 0 Å². The minimum atomic E-state index is 0.164. The molecule has 2 aliphatic rings. The van der Waals surface area contributed by atoms with Crippen LogP contribution in [0, 0.1) is 5.92 Å². The second kappa shape index (κ2) is 7.33.